The Morgan fingerprint density at radius 2 is 1.00 bits per heavy atom. The maximum atomic E-state index is 5.46. The van der Waals surface area contributed by atoms with Crippen molar-refractivity contribution < 1.29 is 0 Å². The van der Waals surface area contributed by atoms with Crippen molar-refractivity contribution in [3.63, 3.8) is 0 Å². The summed E-state index contributed by atoms with van der Waals surface area (Å²) in [5.74, 6) is 2.08. The van der Waals surface area contributed by atoms with Gasteiger partial charge in [-0.3, -0.25) is 0 Å². The smallest absolute Gasteiger partial charge is 0.165 e. The first kappa shape index (κ1) is 36.3. The second-order valence-corrected chi connectivity index (χ2v) is 18.1. The molecular weight excluding hydrogens is 809 g/mol. The predicted octanol–water partition coefficient (Wildman–Crippen LogP) is 16.2. The number of anilines is 3. The second kappa shape index (κ2) is 14.1. The van der Waals surface area contributed by atoms with Crippen LogP contribution >= 0.6 is 11.3 Å². The van der Waals surface area contributed by atoms with Crippen LogP contribution in [0.1, 0.15) is 22.6 Å². The quantitative estimate of drug-likeness (QED) is 0.173. The van der Waals surface area contributed by atoms with Crippen molar-refractivity contribution in [1.29, 1.82) is 0 Å². The molecule has 0 saturated heterocycles. The molecule has 4 nitrogen and oxygen atoms in total. The molecule has 14 rings (SSSR count). The van der Waals surface area contributed by atoms with Gasteiger partial charge in [0, 0.05) is 59.1 Å². The molecule has 0 bridgehead atoms. The summed E-state index contributed by atoms with van der Waals surface area (Å²) in [4.78, 5) is 18.8. The van der Waals surface area contributed by atoms with Crippen molar-refractivity contribution in [2.45, 2.75) is 5.92 Å². The van der Waals surface area contributed by atoms with Gasteiger partial charge in [0.25, 0.3) is 0 Å². The highest BCUT2D eigenvalue weighted by atomic mass is 32.1. The number of aromatic nitrogens is 3. The van der Waals surface area contributed by atoms with E-state index >= 15 is 0 Å². The number of thiophene rings is 1. The fraction of sp³-hybridized carbons (Fsp3) is 0.0167. The van der Waals surface area contributed by atoms with Crippen LogP contribution in [-0.2, 0) is 0 Å². The van der Waals surface area contributed by atoms with Gasteiger partial charge in [-0.05, 0) is 86.6 Å². The van der Waals surface area contributed by atoms with Crippen molar-refractivity contribution in [1.82, 2.24) is 15.0 Å². The highest BCUT2D eigenvalue weighted by Crippen LogP contribution is 2.53. The van der Waals surface area contributed by atoms with Crippen molar-refractivity contribution in [3.05, 3.63) is 229 Å². The molecule has 1 atom stereocenters. The van der Waals surface area contributed by atoms with Gasteiger partial charge in [0.2, 0.25) is 0 Å². The molecule has 1 aliphatic heterocycles. The minimum absolute atomic E-state index is 0.153. The Labute approximate surface area is 379 Å². The van der Waals surface area contributed by atoms with Crippen LogP contribution in [0.5, 0.6) is 0 Å². The number of rotatable bonds is 5. The first-order valence-corrected chi connectivity index (χ1v) is 22.9. The number of hydrogen-bond donors (Lipinski definition) is 0. The van der Waals surface area contributed by atoms with Gasteiger partial charge < -0.3 is 4.90 Å². The van der Waals surface area contributed by atoms with Crippen LogP contribution in [0.15, 0.2) is 212 Å². The lowest BCUT2D eigenvalue weighted by Gasteiger charge is -2.34. The first-order valence-electron chi connectivity index (χ1n) is 22.1. The van der Waals surface area contributed by atoms with E-state index in [4.69, 9.17) is 15.0 Å². The summed E-state index contributed by atoms with van der Waals surface area (Å²) in [6.07, 6.45) is 0. The van der Waals surface area contributed by atoms with E-state index < -0.39 is 0 Å². The van der Waals surface area contributed by atoms with Crippen LogP contribution in [0.4, 0.5) is 17.1 Å². The lowest BCUT2D eigenvalue weighted by atomic mass is 9.89. The Morgan fingerprint density at radius 1 is 0.369 bits per heavy atom. The normalized spacial score (nSPS) is 13.7. The maximum Gasteiger partial charge on any atom is 0.165 e. The standard InChI is InChI=1S/C60H36N4S/c1-2-15-36(16-3-1)55-45-24-7-6-21-42(45)50-34-39(31-32-47(50)55)58-61-59(63-60(62-58)49-27-14-26-48-44-23-9-11-30-54(44)65-57(48)49)40-33-38-17-4-5-20-41(38)53(35-40)64-51-28-10-8-22-43(51)46-25-12-18-37-19-13-29-52(64)56(37)46/h1-35,55H. The largest absolute Gasteiger partial charge is 0.309 e. The molecule has 0 spiro atoms. The lowest BCUT2D eigenvalue weighted by molar-refractivity contribution is 1.01. The minimum Gasteiger partial charge on any atom is -0.309 e. The zero-order chi connectivity index (χ0) is 42.6. The topological polar surface area (TPSA) is 41.9 Å². The Balaban J connectivity index is 1.01. The molecule has 10 aromatic carbocycles. The summed E-state index contributed by atoms with van der Waals surface area (Å²) < 4.78 is 2.41. The van der Waals surface area contributed by atoms with Crippen LogP contribution in [-0.4, -0.2) is 15.0 Å². The second-order valence-electron chi connectivity index (χ2n) is 17.1. The third-order valence-electron chi connectivity index (χ3n) is 13.5. The molecule has 2 aliphatic rings. The molecule has 12 aromatic rings. The molecule has 2 aromatic heterocycles. The molecular formula is C60H36N4S. The van der Waals surface area contributed by atoms with E-state index in [0.29, 0.717) is 17.5 Å². The number of para-hydroxylation sites is 1. The van der Waals surface area contributed by atoms with Gasteiger partial charge in [0.05, 0.1) is 17.1 Å². The van der Waals surface area contributed by atoms with E-state index in [1.54, 1.807) is 11.3 Å². The van der Waals surface area contributed by atoms with Crippen LogP contribution in [0, 0.1) is 0 Å². The highest BCUT2D eigenvalue weighted by molar-refractivity contribution is 7.26. The molecule has 3 heterocycles. The van der Waals surface area contributed by atoms with Gasteiger partial charge in [0.15, 0.2) is 17.5 Å². The number of nitrogens with zero attached hydrogens (tertiary/aromatic N) is 4. The van der Waals surface area contributed by atoms with Gasteiger partial charge in [-0.2, -0.15) is 0 Å². The third-order valence-corrected chi connectivity index (χ3v) is 14.7. The van der Waals surface area contributed by atoms with Crippen LogP contribution in [0.3, 0.4) is 0 Å². The molecule has 0 saturated carbocycles. The molecule has 0 N–H and O–H groups in total. The molecule has 5 heteroatoms. The Hall–Kier alpha value is -8.25. The SMILES string of the molecule is c1ccc(C2c3ccccc3-c3cc(-c4nc(-c5cc(N6c7ccccc7-c7cccc8cccc6c78)c6ccccc6c5)nc(-c5cccc6c5sc5ccccc56)n4)ccc32)cc1. The summed E-state index contributed by atoms with van der Waals surface area (Å²) in [7, 11) is 0. The fourth-order valence-corrected chi connectivity index (χ4v) is 11.9. The number of fused-ring (bicyclic) bond motifs is 9. The summed E-state index contributed by atoms with van der Waals surface area (Å²) in [5, 5.41) is 7.17. The summed E-state index contributed by atoms with van der Waals surface area (Å²) in [6, 6.07) is 76.9. The Morgan fingerprint density at radius 3 is 1.91 bits per heavy atom. The zero-order valence-electron chi connectivity index (χ0n) is 35.0. The summed E-state index contributed by atoms with van der Waals surface area (Å²) >= 11 is 1.79. The van der Waals surface area contributed by atoms with Gasteiger partial charge >= 0.3 is 0 Å². The number of hydrogen-bond acceptors (Lipinski definition) is 5. The van der Waals surface area contributed by atoms with E-state index in [1.165, 1.54) is 69.9 Å². The van der Waals surface area contributed by atoms with Crippen molar-refractivity contribution in [3.8, 4) is 56.4 Å². The average Bonchev–Trinajstić information content (AvgIpc) is 3.92. The van der Waals surface area contributed by atoms with Crippen LogP contribution < -0.4 is 4.90 Å². The van der Waals surface area contributed by atoms with E-state index in [-0.39, 0.29) is 5.92 Å². The van der Waals surface area contributed by atoms with Crippen molar-refractivity contribution >= 4 is 70.1 Å². The zero-order valence-corrected chi connectivity index (χ0v) is 35.8. The van der Waals surface area contributed by atoms with Crippen molar-refractivity contribution in [2.75, 3.05) is 4.90 Å². The number of benzene rings is 10. The van der Waals surface area contributed by atoms with Crippen LogP contribution in [0.25, 0.3) is 98.1 Å². The van der Waals surface area contributed by atoms with Crippen LogP contribution in [0.2, 0.25) is 0 Å². The predicted molar refractivity (Wildman–Crippen MR) is 271 cm³/mol. The van der Waals surface area contributed by atoms with Crippen molar-refractivity contribution in [2.24, 2.45) is 0 Å². The van der Waals surface area contributed by atoms with E-state index in [0.717, 1.165) is 44.5 Å². The monoisotopic (exact) mass is 844 g/mol. The fourth-order valence-electron chi connectivity index (χ4n) is 10.6. The van der Waals surface area contributed by atoms with Gasteiger partial charge in [-0.25, -0.2) is 15.0 Å². The van der Waals surface area contributed by atoms with E-state index in [2.05, 4.69) is 217 Å². The molecule has 1 aliphatic carbocycles. The average molecular weight is 845 g/mol. The lowest BCUT2D eigenvalue weighted by Crippen LogP contribution is -2.15. The van der Waals surface area contributed by atoms with E-state index in [9.17, 15) is 0 Å². The first-order chi connectivity index (χ1) is 32.2. The molecule has 65 heavy (non-hydrogen) atoms. The molecule has 0 fully saturated rings. The summed E-state index contributed by atoms with van der Waals surface area (Å²) in [5.41, 5.74) is 15.1. The molecule has 1 unspecified atom stereocenters. The van der Waals surface area contributed by atoms with Gasteiger partial charge in [-0.15, -0.1) is 11.3 Å². The van der Waals surface area contributed by atoms with Gasteiger partial charge in [-0.1, -0.05) is 170 Å². The minimum atomic E-state index is 0.153. The Kier molecular flexibility index (Phi) is 7.88. The van der Waals surface area contributed by atoms with Gasteiger partial charge in [0.1, 0.15) is 0 Å². The Bertz CT molecular complexity index is 3920. The summed E-state index contributed by atoms with van der Waals surface area (Å²) in [6.45, 7) is 0. The highest BCUT2D eigenvalue weighted by Gasteiger charge is 2.31. The van der Waals surface area contributed by atoms with E-state index in [1.807, 2.05) is 0 Å². The third kappa shape index (κ3) is 5.52. The molecule has 302 valence electrons. The molecule has 0 amide bonds. The maximum absolute atomic E-state index is 5.46. The molecule has 0 radical (unpaired) electrons.